The number of urea groups is 1. The zero-order valence-electron chi connectivity index (χ0n) is 9.97. The molecule has 0 aliphatic carbocycles. The summed E-state index contributed by atoms with van der Waals surface area (Å²) in [5.74, 6) is -1.05. The Balaban J connectivity index is 2.68. The van der Waals surface area contributed by atoms with Gasteiger partial charge < -0.3 is 20.2 Å². The van der Waals surface area contributed by atoms with Gasteiger partial charge in [-0.2, -0.15) is 0 Å². The first-order valence-corrected chi connectivity index (χ1v) is 5.34. The first-order chi connectivity index (χ1) is 7.93. The number of carboxylic acid groups (broad SMARTS) is 1. The van der Waals surface area contributed by atoms with Crippen LogP contribution in [0.25, 0.3) is 0 Å². The van der Waals surface area contributed by atoms with Crippen LogP contribution < -0.4 is 5.32 Å². The third-order valence-corrected chi connectivity index (χ3v) is 3.01. The molecule has 0 atom stereocenters. The number of carboxylic acids is 1. The molecule has 0 aromatic carbocycles. The maximum atomic E-state index is 11.7. The number of piperidine rings is 1. The molecule has 1 rings (SSSR count). The molecular formula is C10H17N3O4. The summed E-state index contributed by atoms with van der Waals surface area (Å²) in [6.07, 6.45) is 0.846. The monoisotopic (exact) mass is 243 g/mol. The fraction of sp³-hybridized carbons (Fsp3) is 0.700. The molecule has 1 saturated heterocycles. The second-order valence-corrected chi connectivity index (χ2v) is 4.31. The number of aliphatic carboxylic acids is 1. The fourth-order valence-corrected chi connectivity index (χ4v) is 1.90. The van der Waals surface area contributed by atoms with E-state index < -0.39 is 11.5 Å². The van der Waals surface area contributed by atoms with Crippen molar-refractivity contribution in [2.45, 2.75) is 18.4 Å². The summed E-state index contributed by atoms with van der Waals surface area (Å²) < 4.78 is 0. The predicted octanol–water partition coefficient (Wildman–Crippen LogP) is -0.667. The Morgan fingerprint density at radius 2 is 1.88 bits per heavy atom. The largest absolute Gasteiger partial charge is 0.480 e. The molecular weight excluding hydrogens is 226 g/mol. The number of likely N-dealkylation sites (tertiary alicyclic amines) is 1. The molecule has 1 fully saturated rings. The van der Waals surface area contributed by atoms with Crippen LogP contribution in [-0.2, 0) is 9.59 Å². The molecule has 0 unspecified atom stereocenters. The van der Waals surface area contributed by atoms with Gasteiger partial charge >= 0.3 is 12.0 Å². The van der Waals surface area contributed by atoms with Crippen LogP contribution in [0.2, 0.25) is 0 Å². The minimum atomic E-state index is -1.23. The van der Waals surface area contributed by atoms with E-state index in [-0.39, 0.29) is 18.9 Å². The molecule has 0 aromatic rings. The standard InChI is InChI=1S/C10H17N3O4/c1-12(2)9(17)13-5-3-10(4-6-13,8(15)16)11-7-14/h7H,3-6H2,1-2H3,(H,11,14)(H,15,16). The molecule has 0 bridgehead atoms. The molecule has 17 heavy (non-hydrogen) atoms. The van der Waals surface area contributed by atoms with Gasteiger partial charge in [-0.15, -0.1) is 0 Å². The second-order valence-electron chi connectivity index (χ2n) is 4.31. The molecule has 0 spiro atoms. The van der Waals surface area contributed by atoms with Gasteiger partial charge in [0, 0.05) is 27.2 Å². The van der Waals surface area contributed by atoms with E-state index in [1.165, 1.54) is 4.90 Å². The predicted molar refractivity (Wildman–Crippen MR) is 59.5 cm³/mol. The van der Waals surface area contributed by atoms with E-state index in [0.717, 1.165) is 0 Å². The Hall–Kier alpha value is -1.79. The highest BCUT2D eigenvalue weighted by atomic mass is 16.4. The Morgan fingerprint density at radius 3 is 2.24 bits per heavy atom. The molecule has 7 nitrogen and oxygen atoms in total. The van der Waals surface area contributed by atoms with E-state index in [0.29, 0.717) is 19.5 Å². The Labute approximate surface area is 99.4 Å². The highest BCUT2D eigenvalue weighted by molar-refractivity contribution is 5.82. The van der Waals surface area contributed by atoms with E-state index in [1.54, 1.807) is 19.0 Å². The summed E-state index contributed by atoms with van der Waals surface area (Å²) in [4.78, 5) is 36.3. The summed E-state index contributed by atoms with van der Waals surface area (Å²) in [5, 5.41) is 11.5. The maximum absolute atomic E-state index is 11.7. The van der Waals surface area contributed by atoms with E-state index in [1.807, 2.05) is 0 Å². The number of nitrogens with zero attached hydrogens (tertiary/aromatic N) is 2. The smallest absolute Gasteiger partial charge is 0.329 e. The van der Waals surface area contributed by atoms with Crippen LogP contribution in [0.5, 0.6) is 0 Å². The molecule has 1 heterocycles. The fourth-order valence-electron chi connectivity index (χ4n) is 1.90. The van der Waals surface area contributed by atoms with Crippen molar-refractivity contribution in [3.63, 3.8) is 0 Å². The molecule has 3 amide bonds. The lowest BCUT2D eigenvalue weighted by Gasteiger charge is -2.39. The molecule has 1 aliphatic rings. The van der Waals surface area contributed by atoms with Crippen molar-refractivity contribution in [2.24, 2.45) is 0 Å². The van der Waals surface area contributed by atoms with Gasteiger partial charge in [0.05, 0.1) is 0 Å². The van der Waals surface area contributed by atoms with Crippen LogP contribution in [0.1, 0.15) is 12.8 Å². The summed E-state index contributed by atoms with van der Waals surface area (Å²) in [5.41, 5.74) is -1.23. The average molecular weight is 243 g/mol. The van der Waals surface area contributed by atoms with Crippen molar-refractivity contribution >= 4 is 18.4 Å². The molecule has 96 valence electrons. The van der Waals surface area contributed by atoms with Crippen LogP contribution in [-0.4, -0.2) is 66.0 Å². The van der Waals surface area contributed by atoms with Crippen molar-refractivity contribution in [3.8, 4) is 0 Å². The molecule has 7 heteroatoms. The van der Waals surface area contributed by atoms with Crippen LogP contribution in [0.3, 0.4) is 0 Å². The Morgan fingerprint density at radius 1 is 1.35 bits per heavy atom. The van der Waals surface area contributed by atoms with Gasteiger partial charge in [-0.25, -0.2) is 9.59 Å². The zero-order chi connectivity index (χ0) is 13.1. The van der Waals surface area contributed by atoms with E-state index >= 15 is 0 Å². The minimum absolute atomic E-state index is 0.143. The quantitative estimate of drug-likeness (QED) is 0.643. The highest BCUT2D eigenvalue weighted by Gasteiger charge is 2.42. The first-order valence-electron chi connectivity index (χ1n) is 5.34. The highest BCUT2D eigenvalue weighted by Crippen LogP contribution is 2.22. The first kappa shape index (κ1) is 13.3. The summed E-state index contributed by atoms with van der Waals surface area (Å²) in [6.45, 7) is 0.647. The van der Waals surface area contributed by atoms with Gasteiger partial charge in [0.15, 0.2) is 0 Å². The van der Waals surface area contributed by atoms with Crippen LogP contribution in [0.4, 0.5) is 4.79 Å². The second kappa shape index (κ2) is 5.03. The Bertz CT molecular complexity index is 322. The lowest BCUT2D eigenvalue weighted by molar-refractivity contribution is -0.148. The topological polar surface area (TPSA) is 90.0 Å². The van der Waals surface area contributed by atoms with Crippen molar-refractivity contribution in [1.29, 1.82) is 0 Å². The Kier molecular flexibility index (Phi) is 3.93. The number of nitrogens with one attached hydrogen (secondary N) is 1. The number of hydrogen-bond donors (Lipinski definition) is 2. The molecule has 0 radical (unpaired) electrons. The van der Waals surface area contributed by atoms with Crippen LogP contribution >= 0.6 is 0 Å². The average Bonchev–Trinajstić information content (AvgIpc) is 2.29. The number of carbonyl (C=O) groups excluding carboxylic acids is 2. The number of hydrogen-bond acceptors (Lipinski definition) is 3. The van der Waals surface area contributed by atoms with E-state index in [2.05, 4.69) is 5.32 Å². The summed E-state index contributed by atoms with van der Waals surface area (Å²) in [6, 6.07) is -0.143. The van der Waals surface area contributed by atoms with Gasteiger partial charge in [-0.1, -0.05) is 0 Å². The van der Waals surface area contributed by atoms with Crippen molar-refractivity contribution in [3.05, 3.63) is 0 Å². The number of amides is 3. The normalized spacial score (nSPS) is 18.4. The molecule has 2 N–H and O–H groups in total. The van der Waals surface area contributed by atoms with Gasteiger partial charge in [0.2, 0.25) is 6.41 Å². The summed E-state index contributed by atoms with van der Waals surface area (Å²) in [7, 11) is 3.29. The van der Waals surface area contributed by atoms with Gasteiger partial charge in [-0.05, 0) is 12.8 Å². The minimum Gasteiger partial charge on any atom is -0.480 e. The lowest BCUT2D eigenvalue weighted by Crippen LogP contribution is -2.59. The SMILES string of the molecule is CN(C)C(=O)N1CCC(NC=O)(C(=O)O)CC1. The molecule has 0 saturated carbocycles. The molecule has 0 aromatic heterocycles. The lowest BCUT2D eigenvalue weighted by atomic mass is 9.88. The van der Waals surface area contributed by atoms with Crippen LogP contribution in [0, 0.1) is 0 Å². The van der Waals surface area contributed by atoms with E-state index in [9.17, 15) is 14.4 Å². The third kappa shape index (κ3) is 2.66. The van der Waals surface area contributed by atoms with Crippen molar-refractivity contribution in [1.82, 2.24) is 15.1 Å². The van der Waals surface area contributed by atoms with Gasteiger partial charge in [0.1, 0.15) is 5.54 Å². The molecule has 1 aliphatic heterocycles. The number of carbonyl (C=O) groups is 3. The zero-order valence-corrected chi connectivity index (χ0v) is 9.97. The van der Waals surface area contributed by atoms with Crippen LogP contribution in [0.15, 0.2) is 0 Å². The number of rotatable bonds is 3. The van der Waals surface area contributed by atoms with Crippen molar-refractivity contribution in [2.75, 3.05) is 27.2 Å². The maximum Gasteiger partial charge on any atom is 0.329 e. The van der Waals surface area contributed by atoms with Gasteiger partial charge in [0.25, 0.3) is 0 Å². The summed E-state index contributed by atoms with van der Waals surface area (Å²) >= 11 is 0. The van der Waals surface area contributed by atoms with Gasteiger partial charge in [-0.3, -0.25) is 4.79 Å². The third-order valence-electron chi connectivity index (χ3n) is 3.01. The van der Waals surface area contributed by atoms with E-state index in [4.69, 9.17) is 5.11 Å². The van der Waals surface area contributed by atoms with Crippen molar-refractivity contribution < 1.29 is 19.5 Å².